The Hall–Kier alpha value is 0.570. The Kier molecular flexibility index (Phi) is 2.33. The highest BCUT2D eigenvalue weighted by Crippen LogP contribution is 2.29. The number of fused-ring (bicyclic) bond motifs is 1. The van der Waals surface area contributed by atoms with Gasteiger partial charge in [0.1, 0.15) is 47.4 Å². The summed E-state index contributed by atoms with van der Waals surface area (Å²) in [6.07, 6.45) is -0.731. The highest BCUT2D eigenvalue weighted by molar-refractivity contribution is 14.1. The summed E-state index contributed by atoms with van der Waals surface area (Å²) in [7, 11) is 0. The van der Waals surface area contributed by atoms with Crippen LogP contribution in [0.3, 0.4) is 0 Å². The first-order valence-corrected chi connectivity index (χ1v) is 4.39. The number of hydrogen-bond acceptors (Lipinski definition) is 4. The molecule has 11 heavy (non-hydrogen) atoms. The molecule has 2 heterocycles. The second-order valence-electron chi connectivity index (χ2n) is 2.79. The Morgan fingerprint density at radius 3 is 2.73 bits per heavy atom. The fourth-order valence-electron chi connectivity index (χ4n) is 1.52. The molecule has 0 aromatic rings. The average molecular weight is 272 g/mol. The van der Waals surface area contributed by atoms with Crippen LogP contribution in [-0.4, -0.2) is 42.7 Å². The van der Waals surface area contributed by atoms with Crippen molar-refractivity contribution in [2.45, 2.75) is 24.4 Å². The molecule has 4 unspecified atom stereocenters. The molecule has 0 radical (unpaired) electrons. The smallest absolute Gasteiger partial charge is 0.122 e. The molecule has 5 heteroatoms. The number of aliphatic hydroxyl groups is 1. The number of halogens is 1. The molecule has 64 valence electrons. The lowest BCUT2D eigenvalue weighted by atomic mass is 10.1. The van der Waals surface area contributed by atoms with Crippen LogP contribution < -0.4 is 0 Å². The van der Waals surface area contributed by atoms with Gasteiger partial charge in [0.05, 0.1) is 13.2 Å². The van der Waals surface area contributed by atoms with Crippen molar-refractivity contribution in [3.8, 4) is 0 Å². The molecule has 2 saturated heterocycles. The van der Waals surface area contributed by atoms with Gasteiger partial charge in [0.2, 0.25) is 0 Å². The van der Waals surface area contributed by atoms with E-state index in [1.807, 2.05) is 23.0 Å². The summed E-state index contributed by atoms with van der Waals surface area (Å²) in [4.78, 5) is 0. The van der Waals surface area contributed by atoms with E-state index in [0.717, 1.165) is 0 Å². The minimum absolute atomic E-state index is 0.0160. The maximum atomic E-state index is 9.30. The van der Waals surface area contributed by atoms with Gasteiger partial charge in [0.25, 0.3) is 0 Å². The van der Waals surface area contributed by atoms with Crippen LogP contribution in [0, 0.1) is 0 Å². The molecule has 4 atom stereocenters. The van der Waals surface area contributed by atoms with Gasteiger partial charge in [-0.2, -0.15) is 0 Å². The molecule has 2 fully saturated rings. The minimum Gasteiger partial charge on any atom is -0.388 e. The largest absolute Gasteiger partial charge is 0.388 e. The lowest BCUT2D eigenvalue weighted by Crippen LogP contribution is -2.31. The topological polar surface area (TPSA) is 47.9 Å². The van der Waals surface area contributed by atoms with Crippen molar-refractivity contribution in [1.82, 2.24) is 0 Å². The third-order valence-electron chi connectivity index (χ3n) is 2.10. The number of hydrogen-bond donors (Lipinski definition) is 1. The van der Waals surface area contributed by atoms with Crippen molar-refractivity contribution in [2.75, 3.05) is 13.2 Å². The SMILES string of the molecule is OC1COC2C(OI)COC12. The summed E-state index contributed by atoms with van der Waals surface area (Å²) >= 11 is 1.83. The molecular formula is C6H9IO4. The van der Waals surface area contributed by atoms with E-state index in [9.17, 15) is 5.11 Å². The van der Waals surface area contributed by atoms with Crippen molar-refractivity contribution < 1.29 is 17.6 Å². The van der Waals surface area contributed by atoms with Gasteiger partial charge >= 0.3 is 0 Å². The fourth-order valence-corrected chi connectivity index (χ4v) is 1.96. The Balaban J connectivity index is 2.04. The van der Waals surface area contributed by atoms with Crippen LogP contribution in [-0.2, 0) is 12.5 Å². The molecule has 0 bridgehead atoms. The van der Waals surface area contributed by atoms with Gasteiger partial charge in [-0.15, -0.1) is 0 Å². The highest BCUT2D eigenvalue weighted by Gasteiger charge is 2.47. The van der Waals surface area contributed by atoms with Crippen molar-refractivity contribution in [3.05, 3.63) is 0 Å². The molecule has 1 N–H and O–H groups in total. The van der Waals surface area contributed by atoms with Gasteiger partial charge in [0.15, 0.2) is 0 Å². The molecular weight excluding hydrogens is 263 g/mol. The van der Waals surface area contributed by atoms with Crippen LogP contribution in [0.15, 0.2) is 0 Å². The highest BCUT2D eigenvalue weighted by atomic mass is 127. The van der Waals surface area contributed by atoms with Gasteiger partial charge in [-0.1, -0.05) is 0 Å². The van der Waals surface area contributed by atoms with E-state index in [4.69, 9.17) is 12.5 Å². The third kappa shape index (κ3) is 1.29. The number of aliphatic hydroxyl groups excluding tert-OH is 1. The van der Waals surface area contributed by atoms with Crippen LogP contribution in [0.1, 0.15) is 0 Å². The molecule has 0 aromatic carbocycles. The number of ether oxygens (including phenoxy) is 2. The molecule has 2 rings (SSSR count). The monoisotopic (exact) mass is 272 g/mol. The van der Waals surface area contributed by atoms with Gasteiger partial charge in [-0.25, -0.2) is 0 Å². The predicted octanol–water partition coefficient (Wildman–Crippen LogP) is -0.120. The first kappa shape index (κ1) is 8.18. The molecule has 4 nitrogen and oxygen atoms in total. The zero-order valence-corrected chi connectivity index (χ0v) is 7.93. The van der Waals surface area contributed by atoms with Gasteiger partial charge in [0, 0.05) is 0 Å². The Morgan fingerprint density at radius 1 is 1.27 bits per heavy atom. The van der Waals surface area contributed by atoms with E-state index in [0.29, 0.717) is 13.2 Å². The molecule has 0 saturated carbocycles. The first-order chi connectivity index (χ1) is 5.33. The lowest BCUT2D eigenvalue weighted by Gasteiger charge is -2.11. The minimum atomic E-state index is -0.475. The summed E-state index contributed by atoms with van der Waals surface area (Å²) in [5, 5.41) is 9.30. The van der Waals surface area contributed by atoms with E-state index in [1.165, 1.54) is 0 Å². The van der Waals surface area contributed by atoms with Crippen molar-refractivity contribution in [1.29, 1.82) is 0 Å². The van der Waals surface area contributed by atoms with Crippen molar-refractivity contribution in [2.24, 2.45) is 0 Å². The molecule has 2 aliphatic heterocycles. The molecule has 0 spiro atoms. The molecule has 0 aliphatic carbocycles. The zero-order chi connectivity index (χ0) is 7.84. The van der Waals surface area contributed by atoms with E-state index < -0.39 is 6.10 Å². The third-order valence-corrected chi connectivity index (χ3v) is 2.75. The van der Waals surface area contributed by atoms with E-state index in [1.54, 1.807) is 0 Å². The average Bonchev–Trinajstić information content (AvgIpc) is 2.53. The Morgan fingerprint density at radius 2 is 2.00 bits per heavy atom. The summed E-state index contributed by atoms with van der Waals surface area (Å²) in [5.74, 6) is 0. The second-order valence-corrected chi connectivity index (χ2v) is 3.30. The predicted molar refractivity (Wildman–Crippen MR) is 44.4 cm³/mol. The van der Waals surface area contributed by atoms with Crippen LogP contribution in [0.4, 0.5) is 0 Å². The molecule has 2 aliphatic rings. The van der Waals surface area contributed by atoms with E-state index in [2.05, 4.69) is 0 Å². The van der Waals surface area contributed by atoms with Crippen LogP contribution in [0.5, 0.6) is 0 Å². The van der Waals surface area contributed by atoms with Gasteiger partial charge in [-0.05, 0) is 0 Å². The van der Waals surface area contributed by atoms with E-state index >= 15 is 0 Å². The Bertz CT molecular complexity index is 154. The maximum Gasteiger partial charge on any atom is 0.122 e. The number of rotatable bonds is 1. The summed E-state index contributed by atoms with van der Waals surface area (Å²) in [6.45, 7) is 0.890. The Labute approximate surface area is 78.5 Å². The summed E-state index contributed by atoms with van der Waals surface area (Å²) in [5.41, 5.74) is 0. The van der Waals surface area contributed by atoms with Crippen LogP contribution in [0.25, 0.3) is 0 Å². The van der Waals surface area contributed by atoms with E-state index in [-0.39, 0.29) is 18.3 Å². The van der Waals surface area contributed by atoms with Crippen LogP contribution in [0.2, 0.25) is 0 Å². The van der Waals surface area contributed by atoms with Gasteiger partial charge < -0.3 is 17.6 Å². The van der Waals surface area contributed by atoms with Gasteiger partial charge in [-0.3, -0.25) is 0 Å². The standard InChI is InChI=1S/C6H9IO4/c7-11-4-2-10-5-3(8)1-9-6(4)5/h3-6,8H,1-2H2. The maximum absolute atomic E-state index is 9.30. The molecule has 0 aromatic heterocycles. The lowest BCUT2D eigenvalue weighted by molar-refractivity contribution is 0.0138. The van der Waals surface area contributed by atoms with Crippen LogP contribution >= 0.6 is 23.0 Å². The summed E-state index contributed by atoms with van der Waals surface area (Å²) in [6, 6.07) is 0. The van der Waals surface area contributed by atoms with Crippen molar-refractivity contribution in [3.63, 3.8) is 0 Å². The quantitative estimate of drug-likeness (QED) is 0.676. The zero-order valence-electron chi connectivity index (χ0n) is 5.77. The summed E-state index contributed by atoms with van der Waals surface area (Å²) < 4.78 is 15.7. The van der Waals surface area contributed by atoms with Crippen molar-refractivity contribution >= 4 is 23.0 Å². The fraction of sp³-hybridized carbons (Fsp3) is 1.00. The second kappa shape index (κ2) is 3.14. The first-order valence-electron chi connectivity index (χ1n) is 3.51. The normalized spacial score (nSPS) is 49.6. The molecule has 0 amide bonds.